The second-order valence-electron chi connectivity index (χ2n) is 4.11. The topological polar surface area (TPSA) is 18.5 Å². The number of thioether (sulfide) groups is 1. The molecule has 0 aliphatic heterocycles. The summed E-state index contributed by atoms with van der Waals surface area (Å²) in [5.41, 5.74) is 1.41. The smallest absolute Gasteiger partial charge is 0.146 e. The van der Waals surface area contributed by atoms with E-state index in [1.807, 2.05) is 11.8 Å². The van der Waals surface area contributed by atoms with Crippen molar-refractivity contribution in [3.8, 4) is 0 Å². The first kappa shape index (κ1) is 12.0. The molecule has 2 rings (SSSR count). The van der Waals surface area contributed by atoms with Crippen LogP contribution in [0.15, 0.2) is 30.3 Å². The van der Waals surface area contributed by atoms with Gasteiger partial charge in [-0.15, -0.1) is 0 Å². The van der Waals surface area contributed by atoms with Crippen molar-refractivity contribution >= 4 is 11.8 Å². The SMILES string of the molecule is COCOC[C@@H]1C[C@H]1SCc1ccccc1. The highest BCUT2D eigenvalue weighted by atomic mass is 32.2. The Hall–Kier alpha value is -0.510. The van der Waals surface area contributed by atoms with Crippen LogP contribution in [0, 0.1) is 5.92 Å². The molecule has 1 fully saturated rings. The van der Waals surface area contributed by atoms with Gasteiger partial charge in [-0.05, 0) is 17.9 Å². The van der Waals surface area contributed by atoms with Crippen LogP contribution in [-0.4, -0.2) is 25.8 Å². The van der Waals surface area contributed by atoms with Crippen molar-refractivity contribution < 1.29 is 9.47 Å². The number of methoxy groups -OCH3 is 1. The van der Waals surface area contributed by atoms with E-state index in [9.17, 15) is 0 Å². The molecule has 1 aliphatic rings. The Bertz CT molecular complexity index is 302. The number of ether oxygens (including phenoxy) is 2. The van der Waals surface area contributed by atoms with Gasteiger partial charge >= 0.3 is 0 Å². The lowest BCUT2D eigenvalue weighted by Crippen LogP contribution is -2.01. The summed E-state index contributed by atoms with van der Waals surface area (Å²) in [7, 11) is 1.66. The van der Waals surface area contributed by atoms with Gasteiger partial charge in [0.1, 0.15) is 6.79 Å². The maximum absolute atomic E-state index is 5.35. The summed E-state index contributed by atoms with van der Waals surface area (Å²) in [5, 5.41) is 0.789. The summed E-state index contributed by atoms with van der Waals surface area (Å²) in [5.74, 6) is 1.86. The first-order valence-corrected chi connectivity index (χ1v) is 6.67. The van der Waals surface area contributed by atoms with E-state index in [4.69, 9.17) is 9.47 Å². The summed E-state index contributed by atoms with van der Waals surface area (Å²) in [4.78, 5) is 0. The molecule has 0 radical (unpaired) electrons. The minimum absolute atomic E-state index is 0.423. The summed E-state index contributed by atoms with van der Waals surface area (Å²) in [6.07, 6.45) is 1.29. The summed E-state index contributed by atoms with van der Waals surface area (Å²) < 4.78 is 10.2. The molecule has 0 bridgehead atoms. The third-order valence-electron chi connectivity index (χ3n) is 2.70. The van der Waals surface area contributed by atoms with Gasteiger partial charge in [0.25, 0.3) is 0 Å². The Kier molecular flexibility index (Phi) is 4.69. The Morgan fingerprint density at radius 3 is 2.88 bits per heavy atom. The molecule has 1 aromatic carbocycles. The van der Waals surface area contributed by atoms with Crippen molar-refractivity contribution in [1.29, 1.82) is 0 Å². The Labute approximate surface area is 101 Å². The predicted octanol–water partition coefficient (Wildman–Crippen LogP) is 2.93. The van der Waals surface area contributed by atoms with Gasteiger partial charge in [0.05, 0.1) is 6.61 Å². The van der Waals surface area contributed by atoms with Crippen LogP contribution in [0.25, 0.3) is 0 Å². The Morgan fingerprint density at radius 2 is 2.12 bits per heavy atom. The fourth-order valence-corrected chi connectivity index (χ4v) is 2.99. The molecule has 0 spiro atoms. The average Bonchev–Trinajstić information content (AvgIpc) is 3.07. The third kappa shape index (κ3) is 3.81. The molecule has 2 nitrogen and oxygen atoms in total. The lowest BCUT2D eigenvalue weighted by molar-refractivity contribution is -0.0342. The zero-order valence-electron chi connectivity index (χ0n) is 9.59. The maximum atomic E-state index is 5.35. The normalized spacial score (nSPS) is 23.3. The molecule has 0 saturated heterocycles. The van der Waals surface area contributed by atoms with Gasteiger partial charge < -0.3 is 9.47 Å². The van der Waals surface area contributed by atoms with Gasteiger partial charge in [-0.3, -0.25) is 0 Å². The van der Waals surface area contributed by atoms with Crippen LogP contribution in [0.2, 0.25) is 0 Å². The summed E-state index contributed by atoms with van der Waals surface area (Å²) in [6.45, 7) is 1.27. The monoisotopic (exact) mass is 238 g/mol. The molecule has 1 saturated carbocycles. The van der Waals surface area contributed by atoms with E-state index in [2.05, 4.69) is 30.3 Å². The van der Waals surface area contributed by atoms with Gasteiger partial charge in [0, 0.05) is 18.1 Å². The highest BCUT2D eigenvalue weighted by Gasteiger charge is 2.37. The summed E-state index contributed by atoms with van der Waals surface area (Å²) in [6, 6.07) is 10.6. The fraction of sp³-hybridized carbons (Fsp3) is 0.538. The molecule has 0 N–H and O–H groups in total. The number of hydrogen-bond donors (Lipinski definition) is 0. The third-order valence-corrected chi connectivity index (χ3v) is 4.20. The quantitative estimate of drug-likeness (QED) is 0.537. The Morgan fingerprint density at radius 1 is 1.31 bits per heavy atom. The second-order valence-corrected chi connectivity index (χ2v) is 5.34. The van der Waals surface area contributed by atoms with E-state index >= 15 is 0 Å². The van der Waals surface area contributed by atoms with E-state index in [0.29, 0.717) is 6.79 Å². The molecular weight excluding hydrogens is 220 g/mol. The highest BCUT2D eigenvalue weighted by Crippen LogP contribution is 2.43. The van der Waals surface area contributed by atoms with E-state index in [1.165, 1.54) is 12.0 Å². The van der Waals surface area contributed by atoms with E-state index < -0.39 is 0 Å². The van der Waals surface area contributed by atoms with Gasteiger partial charge in [-0.2, -0.15) is 11.8 Å². The zero-order chi connectivity index (χ0) is 11.2. The first-order chi connectivity index (χ1) is 7.90. The van der Waals surface area contributed by atoms with Crippen LogP contribution >= 0.6 is 11.8 Å². The molecule has 16 heavy (non-hydrogen) atoms. The van der Waals surface area contributed by atoms with Crippen LogP contribution in [0.5, 0.6) is 0 Å². The molecule has 1 aliphatic carbocycles. The predicted molar refractivity (Wildman–Crippen MR) is 67.5 cm³/mol. The molecule has 0 aromatic heterocycles. The van der Waals surface area contributed by atoms with Crippen molar-refractivity contribution in [2.24, 2.45) is 5.92 Å². The standard InChI is InChI=1S/C13H18O2S/c1-14-10-15-8-12-7-13(12)16-9-11-5-3-2-4-6-11/h2-6,12-13H,7-10H2,1H3/t12-,13+/m0/s1. The molecular formula is C13H18O2S. The fourth-order valence-electron chi connectivity index (χ4n) is 1.66. The lowest BCUT2D eigenvalue weighted by Gasteiger charge is -2.02. The first-order valence-electron chi connectivity index (χ1n) is 5.62. The van der Waals surface area contributed by atoms with Crippen molar-refractivity contribution in [3.05, 3.63) is 35.9 Å². The zero-order valence-corrected chi connectivity index (χ0v) is 10.4. The van der Waals surface area contributed by atoms with Gasteiger partial charge in [-0.25, -0.2) is 0 Å². The minimum atomic E-state index is 0.423. The number of rotatable bonds is 7. The molecule has 2 atom stereocenters. The second kappa shape index (κ2) is 6.28. The largest absolute Gasteiger partial charge is 0.359 e. The molecule has 88 valence electrons. The van der Waals surface area contributed by atoms with E-state index in [-0.39, 0.29) is 0 Å². The summed E-state index contributed by atoms with van der Waals surface area (Å²) >= 11 is 2.04. The Balaban J connectivity index is 1.59. The van der Waals surface area contributed by atoms with Gasteiger partial charge in [-0.1, -0.05) is 30.3 Å². The van der Waals surface area contributed by atoms with E-state index in [1.54, 1.807) is 7.11 Å². The van der Waals surface area contributed by atoms with Crippen LogP contribution in [0.1, 0.15) is 12.0 Å². The van der Waals surface area contributed by atoms with Gasteiger partial charge in [0.2, 0.25) is 0 Å². The average molecular weight is 238 g/mol. The van der Waals surface area contributed by atoms with Crippen LogP contribution in [0.4, 0.5) is 0 Å². The van der Waals surface area contributed by atoms with Crippen molar-refractivity contribution in [3.63, 3.8) is 0 Å². The molecule has 0 amide bonds. The van der Waals surface area contributed by atoms with Crippen molar-refractivity contribution in [2.45, 2.75) is 17.4 Å². The van der Waals surface area contributed by atoms with Crippen molar-refractivity contribution in [2.75, 3.05) is 20.5 Å². The lowest BCUT2D eigenvalue weighted by atomic mass is 10.2. The highest BCUT2D eigenvalue weighted by molar-refractivity contribution is 7.99. The maximum Gasteiger partial charge on any atom is 0.146 e. The minimum Gasteiger partial charge on any atom is -0.359 e. The van der Waals surface area contributed by atoms with E-state index in [0.717, 1.165) is 23.5 Å². The number of benzene rings is 1. The van der Waals surface area contributed by atoms with Crippen LogP contribution < -0.4 is 0 Å². The van der Waals surface area contributed by atoms with Crippen LogP contribution in [-0.2, 0) is 15.2 Å². The number of hydrogen-bond acceptors (Lipinski definition) is 3. The molecule has 0 unspecified atom stereocenters. The van der Waals surface area contributed by atoms with Gasteiger partial charge in [0.15, 0.2) is 0 Å². The van der Waals surface area contributed by atoms with Crippen LogP contribution in [0.3, 0.4) is 0 Å². The molecule has 3 heteroatoms. The molecule has 1 aromatic rings. The van der Waals surface area contributed by atoms with Crippen molar-refractivity contribution in [1.82, 2.24) is 0 Å². The molecule has 0 heterocycles.